The van der Waals surface area contributed by atoms with Crippen molar-refractivity contribution in [3.63, 3.8) is 0 Å². The summed E-state index contributed by atoms with van der Waals surface area (Å²) in [5.74, 6) is -2.25. The Hall–Kier alpha value is -1.89. The first-order chi connectivity index (χ1) is 11.0. The molecular weight excluding hydrogens is 405 g/mol. The Morgan fingerprint density at radius 3 is 2.30 bits per heavy atom. The fraction of sp³-hybridized carbons (Fsp3) is 0.222. The van der Waals surface area contributed by atoms with E-state index in [1.54, 1.807) is 6.07 Å². The highest BCUT2D eigenvalue weighted by Crippen LogP contribution is 2.28. The summed E-state index contributed by atoms with van der Waals surface area (Å²) in [5.41, 5.74) is 1.62. The van der Waals surface area contributed by atoms with Crippen LogP contribution in [0.2, 0.25) is 0 Å². The molecule has 2 rings (SSSR count). The summed E-state index contributed by atoms with van der Waals surface area (Å²) >= 11 is 2.13. The molecule has 120 valence electrons. The number of amides is 1. The van der Waals surface area contributed by atoms with E-state index in [9.17, 15) is 14.7 Å². The third-order valence-corrected chi connectivity index (χ3v) is 4.74. The number of para-hydroxylation sites is 1. The summed E-state index contributed by atoms with van der Waals surface area (Å²) in [4.78, 5) is 23.8. The molecule has 0 aliphatic rings. The minimum atomic E-state index is -0.959. The summed E-state index contributed by atoms with van der Waals surface area (Å²) in [5, 5.41) is 12.3. The lowest BCUT2D eigenvalue weighted by Crippen LogP contribution is -2.26. The zero-order chi connectivity index (χ0) is 16.8. The molecular formula is C18H18INO3. The Balaban J connectivity index is 2.09. The molecule has 0 aromatic heterocycles. The van der Waals surface area contributed by atoms with Gasteiger partial charge in [0, 0.05) is 9.99 Å². The Labute approximate surface area is 149 Å². The van der Waals surface area contributed by atoms with Gasteiger partial charge in [-0.2, -0.15) is 0 Å². The van der Waals surface area contributed by atoms with E-state index in [2.05, 4.69) is 27.9 Å². The van der Waals surface area contributed by atoms with Crippen LogP contribution in [0.25, 0.3) is 0 Å². The smallest absolute Gasteiger partial charge is 0.307 e. The van der Waals surface area contributed by atoms with E-state index in [1.165, 1.54) is 0 Å². The van der Waals surface area contributed by atoms with Gasteiger partial charge >= 0.3 is 5.97 Å². The molecule has 4 nitrogen and oxygen atoms in total. The maximum atomic E-state index is 12.2. The Morgan fingerprint density at radius 2 is 1.70 bits per heavy atom. The zero-order valence-electron chi connectivity index (χ0n) is 12.7. The predicted octanol–water partition coefficient (Wildman–Crippen LogP) is 4.12. The zero-order valence-corrected chi connectivity index (χ0v) is 14.9. The van der Waals surface area contributed by atoms with Crippen LogP contribution < -0.4 is 5.32 Å². The second-order valence-electron chi connectivity index (χ2n) is 5.38. The summed E-state index contributed by atoms with van der Waals surface area (Å²) in [6.07, 6.45) is -0.0592. The van der Waals surface area contributed by atoms with Gasteiger partial charge in [0.25, 0.3) is 0 Å². The average Bonchev–Trinajstić information content (AvgIpc) is 2.55. The number of nitrogens with one attached hydrogen (secondary N) is 1. The highest BCUT2D eigenvalue weighted by atomic mass is 127. The third kappa shape index (κ3) is 4.79. The number of carbonyl (C=O) groups is 2. The number of carboxylic acid groups (broad SMARTS) is 1. The van der Waals surface area contributed by atoms with Crippen LogP contribution in [0, 0.1) is 9.49 Å². The normalized spacial score (nSPS) is 13.1. The molecule has 0 aliphatic carbocycles. The van der Waals surface area contributed by atoms with Crippen LogP contribution in [-0.2, 0) is 9.59 Å². The van der Waals surface area contributed by atoms with Crippen LogP contribution in [0.15, 0.2) is 54.6 Å². The van der Waals surface area contributed by atoms with E-state index in [0.717, 1.165) is 9.13 Å². The number of hydrogen-bond donors (Lipinski definition) is 2. The first kappa shape index (κ1) is 17.5. The molecule has 2 N–H and O–H groups in total. The van der Waals surface area contributed by atoms with E-state index >= 15 is 0 Å². The van der Waals surface area contributed by atoms with Gasteiger partial charge in [0.2, 0.25) is 5.91 Å². The molecule has 0 saturated heterocycles. The lowest BCUT2D eigenvalue weighted by atomic mass is 9.85. The molecule has 2 aromatic carbocycles. The van der Waals surface area contributed by atoms with Crippen LogP contribution in [0.4, 0.5) is 5.69 Å². The van der Waals surface area contributed by atoms with Crippen LogP contribution in [0.5, 0.6) is 0 Å². The molecule has 0 radical (unpaired) electrons. The van der Waals surface area contributed by atoms with Crippen molar-refractivity contribution in [2.45, 2.75) is 19.3 Å². The van der Waals surface area contributed by atoms with Crippen molar-refractivity contribution in [2.24, 2.45) is 5.92 Å². The summed E-state index contributed by atoms with van der Waals surface area (Å²) in [6, 6.07) is 16.8. The summed E-state index contributed by atoms with van der Waals surface area (Å²) in [6.45, 7) is 1.84. The largest absolute Gasteiger partial charge is 0.481 e. The standard InChI is InChI=1S/C18H18INO3/c1-12(13-7-3-2-4-8-13)14(18(22)23)11-17(21)20-16-10-6-5-9-15(16)19/h2-10,12,14H,11H2,1H3,(H,20,21)(H,22,23)/t12-,14+/m1/s1. The number of carbonyl (C=O) groups excluding carboxylic acids is 1. The molecule has 23 heavy (non-hydrogen) atoms. The number of halogens is 1. The van der Waals surface area contributed by atoms with Gasteiger partial charge in [-0.25, -0.2) is 0 Å². The molecule has 0 bridgehead atoms. The molecule has 0 saturated carbocycles. The van der Waals surface area contributed by atoms with Crippen molar-refractivity contribution in [1.29, 1.82) is 0 Å². The van der Waals surface area contributed by atoms with Gasteiger partial charge in [0.05, 0.1) is 11.6 Å². The Kier molecular flexibility index (Phi) is 6.15. The number of anilines is 1. The summed E-state index contributed by atoms with van der Waals surface area (Å²) in [7, 11) is 0. The van der Waals surface area contributed by atoms with E-state index in [1.807, 2.05) is 55.5 Å². The van der Waals surface area contributed by atoms with Crippen LogP contribution in [0.1, 0.15) is 24.8 Å². The van der Waals surface area contributed by atoms with Crippen molar-refractivity contribution >= 4 is 40.2 Å². The highest BCUT2D eigenvalue weighted by Gasteiger charge is 2.28. The quantitative estimate of drug-likeness (QED) is 0.687. The highest BCUT2D eigenvalue weighted by molar-refractivity contribution is 14.1. The maximum absolute atomic E-state index is 12.2. The molecule has 0 fully saturated rings. The lowest BCUT2D eigenvalue weighted by molar-refractivity contribution is -0.144. The molecule has 0 unspecified atom stereocenters. The van der Waals surface area contributed by atoms with Gasteiger partial charge in [-0.3, -0.25) is 9.59 Å². The number of benzene rings is 2. The maximum Gasteiger partial charge on any atom is 0.307 e. The molecule has 2 atom stereocenters. The van der Waals surface area contributed by atoms with Crippen LogP contribution >= 0.6 is 22.6 Å². The van der Waals surface area contributed by atoms with Gasteiger partial charge in [-0.1, -0.05) is 49.4 Å². The molecule has 2 aromatic rings. The van der Waals surface area contributed by atoms with Crippen molar-refractivity contribution in [3.05, 3.63) is 63.7 Å². The number of hydrogen-bond acceptors (Lipinski definition) is 2. The summed E-state index contributed by atoms with van der Waals surface area (Å²) < 4.78 is 0.918. The fourth-order valence-electron chi connectivity index (χ4n) is 2.43. The van der Waals surface area contributed by atoms with Crippen molar-refractivity contribution < 1.29 is 14.7 Å². The fourth-order valence-corrected chi connectivity index (χ4v) is 2.95. The minimum absolute atomic E-state index is 0.0592. The number of rotatable bonds is 6. The lowest BCUT2D eigenvalue weighted by Gasteiger charge is -2.20. The minimum Gasteiger partial charge on any atom is -0.481 e. The predicted molar refractivity (Wildman–Crippen MR) is 98.4 cm³/mol. The van der Waals surface area contributed by atoms with Crippen molar-refractivity contribution in [1.82, 2.24) is 0 Å². The number of carboxylic acids is 1. The molecule has 0 spiro atoms. The topological polar surface area (TPSA) is 66.4 Å². The average molecular weight is 423 g/mol. The number of aliphatic carboxylic acids is 1. The molecule has 1 amide bonds. The van der Waals surface area contributed by atoms with Crippen molar-refractivity contribution in [3.8, 4) is 0 Å². The van der Waals surface area contributed by atoms with Gasteiger partial charge < -0.3 is 10.4 Å². The monoisotopic (exact) mass is 423 g/mol. The van der Waals surface area contributed by atoms with Gasteiger partial charge in [-0.05, 0) is 46.2 Å². The van der Waals surface area contributed by atoms with Crippen LogP contribution in [-0.4, -0.2) is 17.0 Å². The van der Waals surface area contributed by atoms with E-state index < -0.39 is 11.9 Å². The van der Waals surface area contributed by atoms with E-state index in [0.29, 0.717) is 5.69 Å². The molecule has 0 heterocycles. The van der Waals surface area contributed by atoms with Gasteiger partial charge in [-0.15, -0.1) is 0 Å². The van der Waals surface area contributed by atoms with E-state index in [4.69, 9.17) is 0 Å². The van der Waals surface area contributed by atoms with E-state index in [-0.39, 0.29) is 18.2 Å². The van der Waals surface area contributed by atoms with Crippen molar-refractivity contribution in [2.75, 3.05) is 5.32 Å². The first-order valence-electron chi connectivity index (χ1n) is 7.31. The van der Waals surface area contributed by atoms with Gasteiger partial charge in [0.1, 0.15) is 0 Å². The molecule has 0 aliphatic heterocycles. The van der Waals surface area contributed by atoms with Gasteiger partial charge in [0.15, 0.2) is 0 Å². The van der Waals surface area contributed by atoms with Crippen LogP contribution in [0.3, 0.4) is 0 Å². The molecule has 5 heteroatoms. The SMILES string of the molecule is C[C@H](c1ccccc1)[C@H](CC(=O)Nc1ccccc1I)C(=O)O. The third-order valence-electron chi connectivity index (χ3n) is 3.80. The first-order valence-corrected chi connectivity index (χ1v) is 8.39. The second-order valence-corrected chi connectivity index (χ2v) is 6.54. The second kappa shape index (κ2) is 8.10. The Bertz CT molecular complexity index is 688. The Morgan fingerprint density at radius 1 is 1.09 bits per heavy atom.